The summed E-state index contributed by atoms with van der Waals surface area (Å²) in [5.41, 5.74) is 5.15. The van der Waals surface area contributed by atoms with Gasteiger partial charge in [0.2, 0.25) is 5.91 Å². The Bertz CT molecular complexity index is 1470. The minimum atomic E-state index is -0.0862. The van der Waals surface area contributed by atoms with Crippen LogP contribution in [0.15, 0.2) is 30.5 Å². The molecule has 43 heavy (non-hydrogen) atoms. The number of benzene rings is 2. The molecule has 1 aliphatic heterocycles. The van der Waals surface area contributed by atoms with Crippen LogP contribution in [0.5, 0.6) is 11.5 Å². The van der Waals surface area contributed by atoms with E-state index in [4.69, 9.17) is 9.47 Å². The Morgan fingerprint density at radius 1 is 1.14 bits per heavy atom. The third-order valence-corrected chi connectivity index (χ3v) is 8.26. The van der Waals surface area contributed by atoms with Crippen molar-refractivity contribution in [2.45, 2.75) is 59.4 Å². The second-order valence-corrected chi connectivity index (χ2v) is 11.9. The molecule has 2 aromatic carbocycles. The molecule has 0 aliphatic carbocycles. The topological polar surface area (TPSA) is 103 Å². The fourth-order valence-corrected chi connectivity index (χ4v) is 5.72. The number of hydrogen-bond donors (Lipinski definition) is 2. The lowest BCUT2D eigenvalue weighted by Crippen LogP contribution is -2.45. The molecule has 1 amide bonds. The second-order valence-electron chi connectivity index (χ2n) is 11.9. The maximum Gasteiger partial charge on any atom is 0.224 e. The molecule has 2 atom stereocenters. The summed E-state index contributed by atoms with van der Waals surface area (Å²) in [4.78, 5) is 21.8. The summed E-state index contributed by atoms with van der Waals surface area (Å²) in [6, 6.07) is 10.5. The van der Waals surface area contributed by atoms with Gasteiger partial charge >= 0.3 is 0 Å². The Hall–Kier alpha value is -3.87. The summed E-state index contributed by atoms with van der Waals surface area (Å²) in [5.74, 6) is 1.93. The zero-order valence-corrected chi connectivity index (χ0v) is 26.7. The van der Waals surface area contributed by atoms with Crippen LogP contribution in [0.2, 0.25) is 0 Å². The average Bonchev–Trinajstić information content (AvgIpc) is 2.95. The molecule has 230 valence electrons. The monoisotopic (exact) mass is 586 g/mol. The van der Waals surface area contributed by atoms with Gasteiger partial charge < -0.3 is 25.0 Å². The van der Waals surface area contributed by atoms with E-state index >= 15 is 0 Å². The molecule has 0 bridgehead atoms. The van der Waals surface area contributed by atoms with Gasteiger partial charge in [0.1, 0.15) is 24.2 Å². The SMILES string of the molecule is CCOc1cc2ncc(C#N)c(Nc3cc(C)c(OCC4C(C)CCCN4C)cc3C)c2cc1NC(=O)CCCN(C)C. The van der Waals surface area contributed by atoms with Crippen molar-refractivity contribution in [3.8, 4) is 17.6 Å². The average molecular weight is 587 g/mol. The fourth-order valence-electron chi connectivity index (χ4n) is 5.72. The molecule has 4 rings (SSSR count). The van der Waals surface area contributed by atoms with Crippen LogP contribution in [0.1, 0.15) is 56.2 Å². The number of nitrogens with zero attached hydrogens (tertiary/aromatic N) is 4. The predicted octanol–water partition coefficient (Wildman–Crippen LogP) is 6.26. The molecule has 1 fully saturated rings. The first kappa shape index (κ1) is 32.1. The number of ether oxygens (including phenoxy) is 2. The Morgan fingerprint density at radius 2 is 1.93 bits per heavy atom. The van der Waals surface area contributed by atoms with E-state index in [2.05, 4.69) is 57.6 Å². The van der Waals surface area contributed by atoms with Crippen molar-refractivity contribution in [1.29, 1.82) is 5.26 Å². The Balaban J connectivity index is 1.63. The number of fused-ring (bicyclic) bond motifs is 1. The van der Waals surface area contributed by atoms with Gasteiger partial charge in [-0.25, -0.2) is 0 Å². The molecule has 9 nitrogen and oxygen atoms in total. The molecule has 9 heteroatoms. The minimum Gasteiger partial charge on any atom is -0.492 e. The molecular weight excluding hydrogens is 540 g/mol. The van der Waals surface area contributed by atoms with Crippen molar-refractivity contribution < 1.29 is 14.3 Å². The summed E-state index contributed by atoms with van der Waals surface area (Å²) in [5, 5.41) is 17.3. The normalized spacial score (nSPS) is 17.1. The van der Waals surface area contributed by atoms with Gasteiger partial charge in [0.05, 0.1) is 29.1 Å². The molecule has 1 aromatic heterocycles. The van der Waals surface area contributed by atoms with E-state index in [0.717, 1.165) is 47.5 Å². The number of anilines is 3. The van der Waals surface area contributed by atoms with Gasteiger partial charge in [0, 0.05) is 35.8 Å². The lowest BCUT2D eigenvalue weighted by Gasteiger charge is -2.37. The lowest BCUT2D eigenvalue weighted by atomic mass is 9.92. The van der Waals surface area contributed by atoms with Crippen LogP contribution in [0.25, 0.3) is 10.9 Å². The van der Waals surface area contributed by atoms with Crippen molar-refractivity contribution >= 4 is 33.9 Å². The van der Waals surface area contributed by atoms with Gasteiger partial charge in [0.15, 0.2) is 0 Å². The number of amides is 1. The van der Waals surface area contributed by atoms with Crippen molar-refractivity contribution in [3.05, 3.63) is 47.2 Å². The predicted molar refractivity (Wildman–Crippen MR) is 174 cm³/mol. The van der Waals surface area contributed by atoms with Gasteiger partial charge in [0.25, 0.3) is 0 Å². The van der Waals surface area contributed by atoms with Gasteiger partial charge in [-0.05, 0) is 110 Å². The highest BCUT2D eigenvalue weighted by atomic mass is 16.5. The van der Waals surface area contributed by atoms with Crippen LogP contribution in [0, 0.1) is 31.1 Å². The van der Waals surface area contributed by atoms with Gasteiger partial charge in [-0.2, -0.15) is 5.26 Å². The number of carbonyl (C=O) groups excluding carboxylic acids is 1. The summed E-state index contributed by atoms with van der Waals surface area (Å²) >= 11 is 0. The number of likely N-dealkylation sites (tertiary alicyclic amines) is 1. The van der Waals surface area contributed by atoms with E-state index < -0.39 is 0 Å². The van der Waals surface area contributed by atoms with Crippen molar-refractivity contribution in [2.24, 2.45) is 5.92 Å². The molecule has 2 N–H and O–H groups in total. The quantitative estimate of drug-likeness (QED) is 0.257. The summed E-state index contributed by atoms with van der Waals surface area (Å²) in [6.45, 7) is 11.3. The number of pyridine rings is 1. The number of likely N-dealkylation sites (N-methyl/N-ethyl adjacent to an activating group) is 1. The maximum absolute atomic E-state index is 12.8. The van der Waals surface area contributed by atoms with Crippen molar-refractivity contribution in [1.82, 2.24) is 14.8 Å². The summed E-state index contributed by atoms with van der Waals surface area (Å²) in [6.07, 6.45) is 5.18. The Kier molecular flexibility index (Phi) is 10.8. The first-order valence-corrected chi connectivity index (χ1v) is 15.3. The molecule has 2 unspecified atom stereocenters. The molecule has 0 spiro atoms. The molecule has 0 radical (unpaired) electrons. The summed E-state index contributed by atoms with van der Waals surface area (Å²) in [7, 11) is 6.16. The third-order valence-electron chi connectivity index (χ3n) is 8.26. The fraction of sp³-hybridized carbons (Fsp3) is 0.500. The van der Waals surface area contributed by atoms with Gasteiger partial charge in [-0.15, -0.1) is 0 Å². The van der Waals surface area contributed by atoms with Crippen molar-refractivity contribution in [3.63, 3.8) is 0 Å². The van der Waals surface area contributed by atoms with Gasteiger partial charge in [-0.3, -0.25) is 14.7 Å². The molecule has 1 aliphatic rings. The Morgan fingerprint density at radius 3 is 2.63 bits per heavy atom. The zero-order valence-electron chi connectivity index (χ0n) is 26.7. The molecule has 2 heterocycles. The zero-order chi connectivity index (χ0) is 31.1. The molecule has 3 aromatic rings. The van der Waals surface area contributed by atoms with Crippen LogP contribution >= 0.6 is 0 Å². The largest absolute Gasteiger partial charge is 0.492 e. The number of nitrogens with one attached hydrogen (secondary N) is 2. The second kappa shape index (κ2) is 14.5. The number of piperidine rings is 1. The first-order chi connectivity index (χ1) is 20.6. The Labute approximate surface area is 256 Å². The smallest absolute Gasteiger partial charge is 0.224 e. The first-order valence-electron chi connectivity index (χ1n) is 15.3. The number of carbonyl (C=O) groups is 1. The highest BCUT2D eigenvalue weighted by Gasteiger charge is 2.26. The summed E-state index contributed by atoms with van der Waals surface area (Å²) < 4.78 is 12.2. The number of aromatic nitrogens is 1. The molecule has 0 saturated carbocycles. The van der Waals surface area contributed by atoms with E-state index in [1.54, 1.807) is 6.20 Å². The van der Waals surface area contributed by atoms with Crippen LogP contribution in [-0.4, -0.2) is 74.2 Å². The number of rotatable bonds is 12. The van der Waals surface area contributed by atoms with Crippen LogP contribution in [0.3, 0.4) is 0 Å². The third kappa shape index (κ3) is 7.95. The van der Waals surface area contributed by atoms with E-state index in [1.165, 1.54) is 12.8 Å². The molecular formula is C34H46N6O3. The van der Waals surface area contributed by atoms with Crippen LogP contribution in [-0.2, 0) is 4.79 Å². The van der Waals surface area contributed by atoms with Crippen molar-refractivity contribution in [2.75, 3.05) is 58.1 Å². The van der Waals surface area contributed by atoms with E-state index in [9.17, 15) is 10.1 Å². The number of hydrogen-bond acceptors (Lipinski definition) is 8. The highest BCUT2D eigenvalue weighted by molar-refractivity contribution is 6.02. The van der Waals surface area contributed by atoms with Crippen LogP contribution in [0.4, 0.5) is 17.1 Å². The minimum absolute atomic E-state index is 0.0862. The number of nitriles is 1. The van der Waals surface area contributed by atoms with Gasteiger partial charge in [-0.1, -0.05) is 6.92 Å². The lowest BCUT2D eigenvalue weighted by molar-refractivity contribution is -0.116. The van der Waals surface area contributed by atoms with E-state index in [0.29, 0.717) is 59.8 Å². The maximum atomic E-state index is 12.8. The standard InChI is InChI=1S/C34H46N6O3/c1-8-42-32-18-28-26(17-29(32)37-33(41)12-10-13-39(5)6)34(25(19-35)20-36-28)38-27-15-24(4)31(16-23(27)3)43-21-30-22(2)11-9-14-40(30)7/h15-18,20,22,30H,8-14,21H2,1-7H3,(H,36,38)(H,37,41). The number of aryl methyl sites for hydroxylation is 2. The molecule has 1 saturated heterocycles. The van der Waals surface area contributed by atoms with E-state index in [-0.39, 0.29) is 5.91 Å². The highest BCUT2D eigenvalue weighted by Crippen LogP contribution is 2.38. The van der Waals surface area contributed by atoms with Crippen LogP contribution < -0.4 is 20.1 Å². The van der Waals surface area contributed by atoms with E-state index in [1.807, 2.05) is 47.0 Å².